The summed E-state index contributed by atoms with van der Waals surface area (Å²) < 4.78 is 13.2. The maximum atomic E-state index is 12.6. The standard InChI is InChI=1S/C35H53BrO3Si2/c1-28-24-35(36,27-37)34(8,22-17-23-38-40(9,10)32(2,3)4)25-29(28)26-39-41(33(5,6)7,30-18-13-11-14-19-30)31-20-15-12-16-21-31/h11-16,18-21,25,27-28H,17,22-24,26H2,1-10H3/t28-,34-,35+/m1/s1. The fourth-order valence-electron chi connectivity index (χ4n) is 6.06. The first kappa shape index (κ1) is 34.2. The number of hydrogen-bond donors (Lipinski definition) is 0. The third-order valence-corrected chi connectivity index (χ3v) is 20.8. The number of carbonyl (C=O) groups excluding carboxylic acids is 1. The van der Waals surface area contributed by atoms with E-state index >= 15 is 0 Å². The molecule has 0 aromatic heterocycles. The molecule has 226 valence electrons. The first-order chi connectivity index (χ1) is 18.9. The number of aldehydes is 1. The average Bonchev–Trinajstić information content (AvgIpc) is 2.90. The molecule has 6 heteroatoms. The van der Waals surface area contributed by atoms with Crippen molar-refractivity contribution in [2.24, 2.45) is 11.3 Å². The van der Waals surface area contributed by atoms with Crippen LogP contribution in [0.3, 0.4) is 0 Å². The van der Waals surface area contributed by atoms with E-state index in [2.05, 4.69) is 151 Å². The number of hydrogen-bond acceptors (Lipinski definition) is 3. The fraction of sp³-hybridized carbons (Fsp3) is 0.571. The van der Waals surface area contributed by atoms with Gasteiger partial charge in [-0.1, -0.05) is 138 Å². The Kier molecular flexibility index (Phi) is 10.6. The van der Waals surface area contributed by atoms with Crippen molar-refractivity contribution in [2.45, 2.75) is 102 Å². The van der Waals surface area contributed by atoms with Crippen LogP contribution in [0.25, 0.3) is 0 Å². The van der Waals surface area contributed by atoms with Crippen molar-refractivity contribution in [3.63, 3.8) is 0 Å². The highest BCUT2D eigenvalue weighted by Gasteiger charge is 2.52. The summed E-state index contributed by atoms with van der Waals surface area (Å²) in [6, 6.07) is 21.6. The van der Waals surface area contributed by atoms with Gasteiger partial charge in [0.05, 0.1) is 10.9 Å². The molecule has 1 aliphatic carbocycles. The molecule has 41 heavy (non-hydrogen) atoms. The zero-order chi connectivity index (χ0) is 30.7. The summed E-state index contributed by atoms with van der Waals surface area (Å²) in [5.41, 5.74) is 0.963. The summed E-state index contributed by atoms with van der Waals surface area (Å²) in [6.07, 6.45) is 6.05. The molecule has 3 atom stereocenters. The van der Waals surface area contributed by atoms with Crippen molar-refractivity contribution in [1.29, 1.82) is 0 Å². The zero-order valence-corrected chi connectivity index (χ0v) is 30.7. The van der Waals surface area contributed by atoms with Crippen LogP contribution in [-0.2, 0) is 13.6 Å². The molecule has 2 aromatic rings. The number of halogens is 1. The quantitative estimate of drug-likeness (QED) is 0.0798. The summed E-state index contributed by atoms with van der Waals surface area (Å²) in [6.45, 7) is 24.2. The molecule has 0 unspecified atom stereocenters. The zero-order valence-electron chi connectivity index (χ0n) is 27.1. The van der Waals surface area contributed by atoms with Gasteiger partial charge in [0.25, 0.3) is 8.32 Å². The highest BCUT2D eigenvalue weighted by Crippen LogP contribution is 2.52. The Labute approximate surface area is 260 Å². The van der Waals surface area contributed by atoms with Gasteiger partial charge in [0, 0.05) is 12.0 Å². The molecule has 0 spiro atoms. The molecule has 0 saturated carbocycles. The van der Waals surface area contributed by atoms with E-state index in [1.807, 2.05) is 0 Å². The molecule has 0 fully saturated rings. The largest absolute Gasteiger partial charge is 0.417 e. The van der Waals surface area contributed by atoms with Gasteiger partial charge in [-0.2, -0.15) is 0 Å². The van der Waals surface area contributed by atoms with Crippen molar-refractivity contribution in [3.05, 3.63) is 72.3 Å². The van der Waals surface area contributed by atoms with Gasteiger partial charge in [-0.3, -0.25) is 0 Å². The van der Waals surface area contributed by atoms with Gasteiger partial charge in [0.1, 0.15) is 6.29 Å². The average molecular weight is 658 g/mol. The van der Waals surface area contributed by atoms with Crippen LogP contribution in [0, 0.1) is 11.3 Å². The minimum absolute atomic E-state index is 0.0828. The van der Waals surface area contributed by atoms with Crippen LogP contribution >= 0.6 is 15.9 Å². The Balaban J connectivity index is 1.95. The molecule has 0 saturated heterocycles. The molecule has 3 rings (SSSR count). The lowest BCUT2D eigenvalue weighted by Gasteiger charge is -2.47. The van der Waals surface area contributed by atoms with Crippen LogP contribution in [0.5, 0.6) is 0 Å². The molecule has 3 nitrogen and oxygen atoms in total. The Morgan fingerprint density at radius 1 is 0.902 bits per heavy atom. The second-order valence-electron chi connectivity index (χ2n) is 14.9. The summed E-state index contributed by atoms with van der Waals surface area (Å²) >= 11 is 3.93. The van der Waals surface area contributed by atoms with Crippen LogP contribution in [0.2, 0.25) is 23.2 Å². The molecular weight excluding hydrogens is 604 g/mol. The predicted molar refractivity (Wildman–Crippen MR) is 184 cm³/mol. The van der Waals surface area contributed by atoms with Gasteiger partial charge < -0.3 is 13.6 Å². The van der Waals surface area contributed by atoms with E-state index in [9.17, 15) is 4.79 Å². The van der Waals surface area contributed by atoms with Gasteiger partial charge in [0.15, 0.2) is 8.32 Å². The van der Waals surface area contributed by atoms with Crippen molar-refractivity contribution >= 4 is 49.2 Å². The third-order valence-electron chi connectivity index (χ3n) is 9.86. The number of carbonyl (C=O) groups is 1. The summed E-state index contributed by atoms with van der Waals surface area (Å²) in [5, 5.41) is 2.68. The summed E-state index contributed by atoms with van der Waals surface area (Å²) in [4.78, 5) is 12.6. The number of rotatable bonds is 11. The van der Waals surface area contributed by atoms with E-state index in [-0.39, 0.29) is 21.4 Å². The van der Waals surface area contributed by atoms with E-state index in [1.54, 1.807) is 0 Å². The van der Waals surface area contributed by atoms with Gasteiger partial charge in [0.2, 0.25) is 0 Å². The number of allylic oxidation sites excluding steroid dienone is 1. The lowest BCUT2D eigenvalue weighted by Crippen LogP contribution is -2.66. The minimum Gasteiger partial charge on any atom is -0.417 e. The topological polar surface area (TPSA) is 35.5 Å². The monoisotopic (exact) mass is 656 g/mol. The lowest BCUT2D eigenvalue weighted by atomic mass is 9.65. The fourth-order valence-corrected chi connectivity index (χ4v) is 12.5. The van der Waals surface area contributed by atoms with Crippen LogP contribution in [0.4, 0.5) is 0 Å². The molecule has 0 N–H and O–H groups in total. The van der Waals surface area contributed by atoms with Crippen LogP contribution in [0.1, 0.15) is 74.7 Å². The van der Waals surface area contributed by atoms with Crippen molar-refractivity contribution in [1.82, 2.24) is 0 Å². The predicted octanol–water partition coefficient (Wildman–Crippen LogP) is 8.67. The molecule has 2 aromatic carbocycles. The van der Waals surface area contributed by atoms with E-state index < -0.39 is 21.0 Å². The Hall–Kier alpha value is -1.32. The van der Waals surface area contributed by atoms with Crippen LogP contribution in [0.15, 0.2) is 72.3 Å². The van der Waals surface area contributed by atoms with E-state index in [4.69, 9.17) is 8.85 Å². The Bertz CT molecular complexity index is 1140. The Morgan fingerprint density at radius 3 is 1.85 bits per heavy atom. The Morgan fingerprint density at radius 2 is 1.41 bits per heavy atom. The third kappa shape index (κ3) is 7.09. The first-order valence-electron chi connectivity index (χ1n) is 15.2. The minimum atomic E-state index is -2.66. The SMILES string of the molecule is C[C@@H]1C[C@](Br)(C=O)[C@](C)(CCCO[Si](C)(C)C(C)(C)C)C=C1CO[Si](c1ccccc1)(c1ccccc1)C(C)(C)C. The van der Waals surface area contributed by atoms with Gasteiger partial charge in [-0.25, -0.2) is 0 Å². The smallest absolute Gasteiger partial charge is 0.261 e. The van der Waals surface area contributed by atoms with Gasteiger partial charge in [-0.15, -0.1) is 0 Å². The number of benzene rings is 2. The summed E-state index contributed by atoms with van der Waals surface area (Å²) in [7, 11) is -4.47. The molecule has 1 aliphatic rings. The molecule has 0 aliphatic heterocycles. The maximum absolute atomic E-state index is 12.6. The molecule has 0 bridgehead atoms. The van der Waals surface area contributed by atoms with Crippen molar-refractivity contribution < 1.29 is 13.6 Å². The number of alkyl halides is 1. The van der Waals surface area contributed by atoms with Gasteiger partial charge in [-0.05, 0) is 64.3 Å². The van der Waals surface area contributed by atoms with Crippen LogP contribution in [-0.4, -0.2) is 40.5 Å². The summed E-state index contributed by atoms with van der Waals surface area (Å²) in [5.74, 6) is 0.231. The van der Waals surface area contributed by atoms with Crippen LogP contribution < -0.4 is 10.4 Å². The highest BCUT2D eigenvalue weighted by atomic mass is 79.9. The molecular formula is C35H53BrO3Si2. The molecule has 0 radical (unpaired) electrons. The van der Waals surface area contributed by atoms with E-state index in [1.165, 1.54) is 15.9 Å². The van der Waals surface area contributed by atoms with E-state index in [0.717, 1.165) is 32.2 Å². The highest BCUT2D eigenvalue weighted by molar-refractivity contribution is 9.10. The van der Waals surface area contributed by atoms with E-state index in [0.29, 0.717) is 6.61 Å². The molecule has 0 heterocycles. The normalized spacial score (nSPS) is 24.2. The first-order valence-corrected chi connectivity index (χ1v) is 20.8. The second-order valence-corrected chi connectivity index (χ2v) is 25.4. The second kappa shape index (κ2) is 12.7. The lowest BCUT2D eigenvalue weighted by molar-refractivity contribution is -0.112. The maximum Gasteiger partial charge on any atom is 0.261 e. The van der Waals surface area contributed by atoms with Gasteiger partial charge >= 0.3 is 0 Å². The van der Waals surface area contributed by atoms with Crippen molar-refractivity contribution in [3.8, 4) is 0 Å². The van der Waals surface area contributed by atoms with Crippen molar-refractivity contribution in [2.75, 3.05) is 13.2 Å². The molecule has 0 amide bonds.